The second-order valence-corrected chi connectivity index (χ2v) is 4.65. The molecule has 0 spiro atoms. The van der Waals surface area contributed by atoms with Gasteiger partial charge in [-0.2, -0.15) is 8.78 Å². The molecule has 18 heavy (non-hydrogen) atoms. The minimum atomic E-state index is -2.84. The maximum Gasteiger partial charge on any atom is 0.387 e. The normalized spacial score (nSPS) is 11.5. The number of hydrogen-bond donors (Lipinski definition) is 0. The molecule has 2 rings (SSSR count). The summed E-state index contributed by atoms with van der Waals surface area (Å²) < 4.78 is 28.6. The van der Waals surface area contributed by atoms with Crippen LogP contribution in [0, 0.1) is 0 Å². The van der Waals surface area contributed by atoms with Crippen LogP contribution in [0.5, 0.6) is 5.75 Å². The molecule has 2 aromatic rings. The number of ether oxygens (including phenoxy) is 1. The molecule has 0 unspecified atom stereocenters. The van der Waals surface area contributed by atoms with Crippen molar-refractivity contribution in [2.75, 3.05) is 0 Å². The molecule has 1 heterocycles. The molecule has 0 amide bonds. The zero-order valence-corrected chi connectivity index (χ0v) is 10.7. The van der Waals surface area contributed by atoms with Crippen LogP contribution >= 0.6 is 11.6 Å². The number of alkyl halides is 2. The molecule has 0 N–H and O–H groups in total. The van der Waals surface area contributed by atoms with Gasteiger partial charge in [0, 0.05) is 11.1 Å². The number of fused-ring (bicyclic) bond motifs is 1. The summed E-state index contributed by atoms with van der Waals surface area (Å²) in [6.07, 6.45) is 0. The molecular formula is C13H12ClF2NO. The minimum Gasteiger partial charge on any atom is -0.435 e. The lowest BCUT2D eigenvalue weighted by Gasteiger charge is -2.10. The second-order valence-electron chi connectivity index (χ2n) is 4.24. The highest BCUT2D eigenvalue weighted by atomic mass is 35.5. The van der Waals surface area contributed by atoms with Crippen LogP contribution in [0.3, 0.4) is 0 Å². The van der Waals surface area contributed by atoms with E-state index in [1.807, 2.05) is 13.8 Å². The van der Waals surface area contributed by atoms with Gasteiger partial charge in [-0.3, -0.25) is 4.98 Å². The highest BCUT2D eigenvalue weighted by Crippen LogP contribution is 2.29. The fourth-order valence-corrected chi connectivity index (χ4v) is 1.92. The Bertz CT molecular complexity index is 572. The van der Waals surface area contributed by atoms with Gasteiger partial charge in [0.1, 0.15) is 5.75 Å². The van der Waals surface area contributed by atoms with E-state index in [4.69, 9.17) is 11.6 Å². The molecule has 5 heteroatoms. The van der Waals surface area contributed by atoms with Crippen LogP contribution in [0.25, 0.3) is 10.9 Å². The number of rotatable bonds is 3. The average molecular weight is 272 g/mol. The first-order valence-electron chi connectivity index (χ1n) is 5.52. The standard InChI is InChI=1S/C13H12ClF2NO/c1-7(2)12-6-10(14)9-5-8(18-13(15)16)3-4-11(9)17-12/h3-7,13H,1-2H3. The molecule has 0 aliphatic carbocycles. The molecule has 0 aliphatic heterocycles. The lowest BCUT2D eigenvalue weighted by molar-refractivity contribution is -0.0497. The molecule has 0 saturated carbocycles. The molecule has 0 fully saturated rings. The van der Waals surface area contributed by atoms with Gasteiger partial charge in [0.25, 0.3) is 0 Å². The average Bonchev–Trinajstić information content (AvgIpc) is 2.28. The lowest BCUT2D eigenvalue weighted by atomic mass is 10.1. The molecule has 0 atom stereocenters. The molecule has 2 nitrogen and oxygen atoms in total. The van der Waals surface area contributed by atoms with E-state index >= 15 is 0 Å². The van der Waals surface area contributed by atoms with Gasteiger partial charge in [-0.05, 0) is 30.2 Å². The van der Waals surface area contributed by atoms with E-state index in [9.17, 15) is 8.78 Å². The summed E-state index contributed by atoms with van der Waals surface area (Å²) in [6, 6.07) is 6.31. The molecule has 0 saturated heterocycles. The van der Waals surface area contributed by atoms with Crippen molar-refractivity contribution in [1.29, 1.82) is 0 Å². The Balaban J connectivity index is 2.51. The summed E-state index contributed by atoms with van der Waals surface area (Å²) in [7, 11) is 0. The first kappa shape index (κ1) is 13.0. The van der Waals surface area contributed by atoms with Gasteiger partial charge in [-0.25, -0.2) is 0 Å². The van der Waals surface area contributed by atoms with Gasteiger partial charge >= 0.3 is 6.61 Å². The summed E-state index contributed by atoms with van der Waals surface area (Å²) in [5.41, 5.74) is 1.54. The molecule has 0 bridgehead atoms. The number of nitrogens with zero attached hydrogens (tertiary/aromatic N) is 1. The molecule has 0 radical (unpaired) electrons. The smallest absolute Gasteiger partial charge is 0.387 e. The van der Waals surface area contributed by atoms with Crippen molar-refractivity contribution in [3.05, 3.63) is 35.0 Å². The SMILES string of the molecule is CC(C)c1cc(Cl)c2cc(OC(F)F)ccc2n1. The van der Waals surface area contributed by atoms with Gasteiger partial charge in [-0.1, -0.05) is 25.4 Å². The lowest BCUT2D eigenvalue weighted by Crippen LogP contribution is -2.02. The number of halogens is 3. The summed E-state index contributed by atoms with van der Waals surface area (Å²) >= 11 is 6.13. The maximum absolute atomic E-state index is 12.1. The Morgan fingerprint density at radius 3 is 2.56 bits per heavy atom. The van der Waals surface area contributed by atoms with E-state index in [0.717, 1.165) is 5.69 Å². The van der Waals surface area contributed by atoms with E-state index in [1.165, 1.54) is 12.1 Å². The maximum atomic E-state index is 12.1. The summed E-state index contributed by atoms with van der Waals surface area (Å²) in [4.78, 5) is 4.43. The topological polar surface area (TPSA) is 22.1 Å². The number of hydrogen-bond acceptors (Lipinski definition) is 2. The fourth-order valence-electron chi connectivity index (χ4n) is 1.65. The Labute approximate surface area is 109 Å². The molecule has 0 aliphatic rings. The first-order chi connectivity index (χ1) is 8.47. The van der Waals surface area contributed by atoms with E-state index < -0.39 is 6.61 Å². The largest absolute Gasteiger partial charge is 0.435 e. The molecule has 1 aromatic carbocycles. The number of aromatic nitrogens is 1. The van der Waals surface area contributed by atoms with Crippen LogP contribution in [0.1, 0.15) is 25.5 Å². The van der Waals surface area contributed by atoms with Crippen molar-refractivity contribution < 1.29 is 13.5 Å². The predicted molar refractivity (Wildman–Crippen MR) is 67.5 cm³/mol. The van der Waals surface area contributed by atoms with E-state index in [1.54, 1.807) is 12.1 Å². The van der Waals surface area contributed by atoms with Gasteiger partial charge in [0.05, 0.1) is 10.5 Å². The molecule has 96 valence electrons. The van der Waals surface area contributed by atoms with Crippen molar-refractivity contribution in [3.8, 4) is 5.75 Å². The van der Waals surface area contributed by atoms with E-state index in [2.05, 4.69) is 9.72 Å². The highest BCUT2D eigenvalue weighted by Gasteiger charge is 2.10. The van der Waals surface area contributed by atoms with Crippen LogP contribution in [0.15, 0.2) is 24.3 Å². The van der Waals surface area contributed by atoms with Crippen LogP contribution < -0.4 is 4.74 Å². The second kappa shape index (κ2) is 5.06. The van der Waals surface area contributed by atoms with Gasteiger partial charge in [0.2, 0.25) is 0 Å². The monoisotopic (exact) mass is 271 g/mol. The summed E-state index contributed by atoms with van der Waals surface area (Å²) in [6.45, 7) is 1.18. The van der Waals surface area contributed by atoms with Gasteiger partial charge < -0.3 is 4.74 Å². The molecular weight excluding hydrogens is 260 g/mol. The quantitative estimate of drug-likeness (QED) is 0.813. The highest BCUT2D eigenvalue weighted by molar-refractivity contribution is 6.35. The van der Waals surface area contributed by atoms with Crippen LogP contribution in [-0.4, -0.2) is 11.6 Å². The zero-order chi connectivity index (χ0) is 13.3. The Morgan fingerprint density at radius 1 is 1.22 bits per heavy atom. The van der Waals surface area contributed by atoms with Crippen LogP contribution in [-0.2, 0) is 0 Å². The third kappa shape index (κ3) is 2.70. The van der Waals surface area contributed by atoms with Crippen molar-refractivity contribution in [3.63, 3.8) is 0 Å². The van der Waals surface area contributed by atoms with E-state index in [-0.39, 0.29) is 11.7 Å². The van der Waals surface area contributed by atoms with Crippen LogP contribution in [0.4, 0.5) is 8.78 Å². The van der Waals surface area contributed by atoms with Gasteiger partial charge in [0.15, 0.2) is 0 Å². The third-order valence-corrected chi connectivity index (χ3v) is 2.88. The Morgan fingerprint density at radius 2 is 1.94 bits per heavy atom. The first-order valence-corrected chi connectivity index (χ1v) is 5.90. The third-order valence-electron chi connectivity index (χ3n) is 2.57. The summed E-state index contributed by atoms with van der Waals surface area (Å²) in [5.74, 6) is 0.336. The van der Waals surface area contributed by atoms with Crippen molar-refractivity contribution in [1.82, 2.24) is 4.98 Å². The predicted octanol–water partition coefficient (Wildman–Crippen LogP) is 4.61. The number of benzene rings is 1. The summed E-state index contributed by atoms with van der Waals surface area (Å²) in [5, 5.41) is 1.10. The van der Waals surface area contributed by atoms with Crippen molar-refractivity contribution in [2.45, 2.75) is 26.4 Å². The van der Waals surface area contributed by atoms with E-state index in [0.29, 0.717) is 15.9 Å². The van der Waals surface area contributed by atoms with Crippen molar-refractivity contribution in [2.24, 2.45) is 0 Å². The number of pyridine rings is 1. The Hall–Kier alpha value is -1.42. The van der Waals surface area contributed by atoms with Crippen molar-refractivity contribution >= 4 is 22.5 Å². The fraction of sp³-hybridized carbons (Fsp3) is 0.308. The zero-order valence-electron chi connectivity index (χ0n) is 9.95. The van der Waals surface area contributed by atoms with Crippen LogP contribution in [0.2, 0.25) is 5.02 Å². The molecule has 1 aromatic heterocycles. The van der Waals surface area contributed by atoms with Gasteiger partial charge in [-0.15, -0.1) is 0 Å². The Kier molecular flexibility index (Phi) is 3.66. The minimum absolute atomic E-state index is 0.0819.